The van der Waals surface area contributed by atoms with Crippen molar-refractivity contribution in [1.29, 1.82) is 0 Å². The number of aryl methyl sites for hydroxylation is 1. The van der Waals surface area contributed by atoms with E-state index in [0.29, 0.717) is 26.8 Å². The summed E-state index contributed by atoms with van der Waals surface area (Å²) in [6.07, 6.45) is 1.70. The number of phenolic OH excluding ortho intramolecular Hbond substituents is 1. The molecule has 13 heteroatoms. The van der Waals surface area contributed by atoms with E-state index in [1.807, 2.05) is 0 Å². The normalized spacial score (nSPS) is 16.5. The highest BCUT2D eigenvalue weighted by molar-refractivity contribution is 8.00. The Bertz CT molecular complexity index is 1900. The van der Waals surface area contributed by atoms with Crippen LogP contribution in [0, 0.1) is 12.7 Å². The van der Waals surface area contributed by atoms with Gasteiger partial charge in [-0.05, 0) is 48.4 Å². The van der Waals surface area contributed by atoms with Gasteiger partial charge in [0, 0.05) is 11.9 Å². The van der Waals surface area contributed by atoms with Gasteiger partial charge in [-0.1, -0.05) is 53.4 Å². The van der Waals surface area contributed by atoms with Gasteiger partial charge in [-0.2, -0.15) is 0 Å². The average Bonchev–Trinajstić information content (AvgIpc) is 3.66. The fourth-order valence-corrected chi connectivity index (χ4v) is 6.70. The van der Waals surface area contributed by atoms with E-state index in [0.717, 1.165) is 11.3 Å². The fourth-order valence-electron chi connectivity index (χ4n) is 4.85. The third-order valence-electron chi connectivity index (χ3n) is 6.80. The quantitative estimate of drug-likeness (QED) is 0.0840. The second-order valence-corrected chi connectivity index (χ2v) is 11.5. The molecule has 212 valence electrons. The lowest BCUT2D eigenvalue weighted by Crippen LogP contribution is -2.29. The number of rotatable bonds is 7. The van der Waals surface area contributed by atoms with Crippen LogP contribution in [0.5, 0.6) is 11.5 Å². The van der Waals surface area contributed by atoms with Crippen molar-refractivity contribution >= 4 is 51.3 Å². The smallest absolute Gasteiger partial charge is 0.301 e. The number of halogens is 1. The molecule has 2 N–H and O–H groups in total. The van der Waals surface area contributed by atoms with E-state index in [1.54, 1.807) is 53.9 Å². The number of aliphatic hydroxyl groups excluding tert-OH is 1. The van der Waals surface area contributed by atoms with E-state index in [2.05, 4.69) is 15.2 Å². The van der Waals surface area contributed by atoms with Gasteiger partial charge in [0.15, 0.2) is 21.6 Å². The number of methoxy groups -OCH3 is 1. The Hall–Kier alpha value is -4.75. The number of carbonyl (C=O) groups is 2. The molecule has 1 unspecified atom stereocenters. The number of benzene rings is 2. The average molecular weight is 604 g/mol. The molecule has 6 rings (SSSR count). The van der Waals surface area contributed by atoms with Gasteiger partial charge in [-0.25, -0.2) is 9.37 Å². The third-order valence-corrected chi connectivity index (χ3v) is 8.91. The number of aromatic hydroxyl groups is 1. The second-order valence-electron chi connectivity index (χ2n) is 9.31. The summed E-state index contributed by atoms with van der Waals surface area (Å²) in [5.74, 6) is -2.34. The third kappa shape index (κ3) is 4.65. The van der Waals surface area contributed by atoms with Crippen molar-refractivity contribution in [3.05, 3.63) is 101 Å². The van der Waals surface area contributed by atoms with E-state index in [-0.39, 0.29) is 39.5 Å². The largest absolute Gasteiger partial charge is 0.505 e. The van der Waals surface area contributed by atoms with Crippen molar-refractivity contribution in [2.24, 2.45) is 0 Å². The van der Waals surface area contributed by atoms with Crippen molar-refractivity contribution in [1.82, 2.24) is 19.6 Å². The van der Waals surface area contributed by atoms with Gasteiger partial charge in [0.2, 0.25) is 5.13 Å². The molecule has 1 fully saturated rings. The number of hydrogen-bond acceptors (Lipinski definition) is 10. The van der Waals surface area contributed by atoms with Crippen LogP contribution in [-0.2, 0) is 15.3 Å². The summed E-state index contributed by atoms with van der Waals surface area (Å²) in [7, 11) is 1.38. The van der Waals surface area contributed by atoms with Crippen LogP contribution in [0.4, 0.5) is 9.52 Å². The molecule has 1 saturated heterocycles. The predicted octanol–water partition coefficient (Wildman–Crippen LogP) is 5.27. The first-order chi connectivity index (χ1) is 20.3. The molecule has 0 aliphatic carbocycles. The van der Waals surface area contributed by atoms with Crippen LogP contribution in [-0.4, -0.2) is 48.6 Å². The van der Waals surface area contributed by atoms with Crippen LogP contribution in [0.3, 0.4) is 0 Å². The minimum absolute atomic E-state index is 0.110. The molecule has 3 aromatic heterocycles. The van der Waals surface area contributed by atoms with E-state index in [4.69, 9.17) is 4.74 Å². The number of nitrogens with zero attached hydrogens (tertiary/aromatic N) is 5. The summed E-state index contributed by atoms with van der Waals surface area (Å²) in [6, 6.07) is 15.0. The number of amides is 1. The number of aromatic nitrogens is 4. The lowest BCUT2D eigenvalue weighted by atomic mass is 9.96. The summed E-state index contributed by atoms with van der Waals surface area (Å²) >= 11 is 2.30. The number of carbonyl (C=O) groups excluding carboxylic acids is 2. The standard InChI is InChI=1S/C29H22FN5O5S2/c1-15-23(34-12-6-5-9-21(34)31-15)25(37)22-24(16-10-11-19(36)20(13-16)40-2)35(27(39)26(22)38)28-32-33-29(42-28)41-14-17-7-3-4-8-18(17)30/h3-13,24,36-37H,14H2,1-2H3. The number of ether oxygens (including phenoxy) is 1. The molecule has 5 aromatic rings. The maximum absolute atomic E-state index is 14.1. The maximum Gasteiger partial charge on any atom is 0.301 e. The highest BCUT2D eigenvalue weighted by atomic mass is 32.2. The number of ketones is 1. The molecular formula is C29H22FN5O5S2. The van der Waals surface area contributed by atoms with Crippen molar-refractivity contribution in [3.8, 4) is 11.5 Å². The number of Topliss-reactive ketones (excluding diaryl/α,β-unsaturated/α-hetero) is 1. The molecule has 10 nitrogen and oxygen atoms in total. The van der Waals surface area contributed by atoms with Crippen LogP contribution in [0.1, 0.15) is 28.6 Å². The zero-order chi connectivity index (χ0) is 29.5. The topological polar surface area (TPSA) is 130 Å². The molecule has 1 amide bonds. The predicted molar refractivity (Wildman–Crippen MR) is 155 cm³/mol. The van der Waals surface area contributed by atoms with Gasteiger partial charge >= 0.3 is 5.91 Å². The number of fused-ring (bicyclic) bond motifs is 1. The Labute approximate surface area is 246 Å². The Morgan fingerprint density at radius 1 is 1.12 bits per heavy atom. The molecule has 1 atom stereocenters. The Morgan fingerprint density at radius 2 is 1.90 bits per heavy atom. The van der Waals surface area contributed by atoms with Crippen molar-refractivity contribution < 1.29 is 28.9 Å². The molecular weight excluding hydrogens is 581 g/mol. The first-order valence-corrected chi connectivity index (χ1v) is 14.4. The summed E-state index contributed by atoms with van der Waals surface area (Å²) in [5.41, 5.74) is 1.95. The van der Waals surface area contributed by atoms with Gasteiger partial charge < -0.3 is 14.9 Å². The van der Waals surface area contributed by atoms with Crippen LogP contribution < -0.4 is 9.64 Å². The summed E-state index contributed by atoms with van der Waals surface area (Å²) < 4.78 is 21.5. The Kier molecular flexibility index (Phi) is 7.12. The van der Waals surface area contributed by atoms with E-state index >= 15 is 0 Å². The van der Waals surface area contributed by atoms with Crippen molar-refractivity contribution in [2.75, 3.05) is 12.0 Å². The van der Waals surface area contributed by atoms with Crippen LogP contribution in [0.2, 0.25) is 0 Å². The minimum atomic E-state index is -1.13. The monoisotopic (exact) mass is 603 g/mol. The summed E-state index contributed by atoms with van der Waals surface area (Å²) in [5, 5.41) is 30.3. The van der Waals surface area contributed by atoms with E-state index in [1.165, 1.54) is 48.0 Å². The lowest BCUT2D eigenvalue weighted by molar-refractivity contribution is -0.132. The first kappa shape index (κ1) is 27.4. The first-order valence-electron chi connectivity index (χ1n) is 12.6. The van der Waals surface area contributed by atoms with Gasteiger partial charge in [-0.3, -0.25) is 18.9 Å². The molecule has 0 radical (unpaired) electrons. The Balaban J connectivity index is 1.47. The highest BCUT2D eigenvalue weighted by Gasteiger charge is 2.49. The van der Waals surface area contributed by atoms with Gasteiger partial charge in [0.25, 0.3) is 5.78 Å². The summed E-state index contributed by atoms with van der Waals surface area (Å²) in [6.45, 7) is 1.69. The van der Waals surface area contributed by atoms with Crippen LogP contribution >= 0.6 is 23.1 Å². The zero-order valence-corrected chi connectivity index (χ0v) is 23.8. The van der Waals surface area contributed by atoms with Crippen LogP contribution in [0.15, 0.2) is 76.8 Å². The minimum Gasteiger partial charge on any atom is -0.505 e. The highest BCUT2D eigenvalue weighted by Crippen LogP contribution is 2.45. The van der Waals surface area contributed by atoms with Crippen molar-refractivity contribution in [2.45, 2.75) is 23.1 Å². The number of pyridine rings is 1. The van der Waals surface area contributed by atoms with E-state index < -0.39 is 23.5 Å². The van der Waals surface area contributed by atoms with Crippen LogP contribution in [0.25, 0.3) is 11.4 Å². The lowest BCUT2D eigenvalue weighted by Gasteiger charge is -2.23. The molecule has 1 aliphatic heterocycles. The van der Waals surface area contributed by atoms with E-state index in [9.17, 15) is 24.2 Å². The SMILES string of the molecule is COc1cc(C2C(=C(O)c3c(C)nc4ccccn34)C(=O)C(=O)N2c2nnc(SCc3ccccc3F)s2)ccc1O. The number of anilines is 1. The molecule has 1 aliphatic rings. The maximum atomic E-state index is 14.1. The molecule has 42 heavy (non-hydrogen) atoms. The van der Waals surface area contributed by atoms with Gasteiger partial charge in [0.1, 0.15) is 17.2 Å². The number of hydrogen-bond donors (Lipinski definition) is 2. The number of thioether (sulfide) groups is 1. The molecule has 0 saturated carbocycles. The Morgan fingerprint density at radius 3 is 2.69 bits per heavy atom. The molecule has 0 bridgehead atoms. The number of imidazole rings is 1. The van der Waals surface area contributed by atoms with Crippen molar-refractivity contribution in [3.63, 3.8) is 0 Å². The number of aliphatic hydroxyl groups is 1. The number of phenols is 1. The molecule has 2 aromatic carbocycles. The summed E-state index contributed by atoms with van der Waals surface area (Å²) in [4.78, 5) is 32.9. The molecule has 4 heterocycles. The second kappa shape index (κ2) is 10.9. The van der Waals surface area contributed by atoms with Gasteiger partial charge in [-0.15, -0.1) is 10.2 Å². The zero-order valence-electron chi connectivity index (χ0n) is 22.2. The fraction of sp³-hybridized carbons (Fsp3) is 0.138. The van der Waals surface area contributed by atoms with Gasteiger partial charge in [0.05, 0.1) is 24.4 Å². The molecule has 0 spiro atoms.